The molecule has 7 nitrogen and oxygen atoms in total. The fourth-order valence-corrected chi connectivity index (χ4v) is 1.92. The van der Waals surface area contributed by atoms with Crippen molar-refractivity contribution in [3.63, 3.8) is 0 Å². The van der Waals surface area contributed by atoms with Gasteiger partial charge >= 0.3 is 0 Å². The van der Waals surface area contributed by atoms with E-state index in [0.29, 0.717) is 11.6 Å². The predicted octanol–water partition coefficient (Wildman–Crippen LogP) is 3.09. The first-order valence-electron chi connectivity index (χ1n) is 6.29. The van der Waals surface area contributed by atoms with Gasteiger partial charge in [0.25, 0.3) is 5.69 Å². The van der Waals surface area contributed by atoms with Crippen LogP contribution in [0.15, 0.2) is 30.3 Å². The summed E-state index contributed by atoms with van der Waals surface area (Å²) in [5, 5.41) is 16.8. The number of aromatic nitrogens is 1. The minimum Gasteiger partial charge on any atom is -0.496 e. The second kappa shape index (κ2) is 6.08. The Hall–Kier alpha value is -2.83. The summed E-state index contributed by atoms with van der Waals surface area (Å²) in [4.78, 5) is 14.7. The molecule has 0 atom stereocenters. The van der Waals surface area contributed by atoms with Crippen molar-refractivity contribution in [2.75, 3.05) is 24.8 Å². The van der Waals surface area contributed by atoms with Crippen LogP contribution in [0.1, 0.15) is 5.56 Å². The maximum absolute atomic E-state index is 10.9. The first kappa shape index (κ1) is 14.6. The van der Waals surface area contributed by atoms with Gasteiger partial charge in [-0.2, -0.15) is 0 Å². The molecule has 0 aliphatic rings. The lowest BCUT2D eigenvalue weighted by atomic mass is 10.2. The number of hydrogen-bond donors (Lipinski definition) is 2. The Balaban J connectivity index is 2.32. The third-order valence-corrected chi connectivity index (χ3v) is 2.94. The first-order chi connectivity index (χ1) is 10.0. The fourth-order valence-electron chi connectivity index (χ4n) is 1.92. The van der Waals surface area contributed by atoms with E-state index in [1.165, 1.54) is 12.1 Å². The lowest BCUT2D eigenvalue weighted by molar-refractivity contribution is -0.384. The van der Waals surface area contributed by atoms with Crippen molar-refractivity contribution < 1.29 is 9.66 Å². The molecular weight excluding hydrogens is 272 g/mol. The molecule has 0 radical (unpaired) electrons. The summed E-state index contributed by atoms with van der Waals surface area (Å²) in [6.45, 7) is 1.92. The fraction of sp³-hybridized carbons (Fsp3) is 0.214. The molecule has 2 rings (SSSR count). The van der Waals surface area contributed by atoms with E-state index in [2.05, 4.69) is 15.6 Å². The van der Waals surface area contributed by atoms with E-state index in [0.717, 1.165) is 17.0 Å². The molecule has 0 aliphatic heterocycles. The van der Waals surface area contributed by atoms with Gasteiger partial charge in [0.05, 0.1) is 24.2 Å². The van der Waals surface area contributed by atoms with E-state index in [-0.39, 0.29) is 5.69 Å². The van der Waals surface area contributed by atoms with Crippen LogP contribution in [0.3, 0.4) is 0 Å². The number of ether oxygens (including phenoxy) is 1. The van der Waals surface area contributed by atoms with Crippen molar-refractivity contribution in [1.29, 1.82) is 0 Å². The summed E-state index contributed by atoms with van der Waals surface area (Å²) < 4.78 is 5.19. The van der Waals surface area contributed by atoms with Crippen LogP contribution in [0, 0.1) is 17.0 Å². The van der Waals surface area contributed by atoms with Crippen molar-refractivity contribution in [3.8, 4) is 5.75 Å². The predicted molar refractivity (Wildman–Crippen MR) is 81.5 cm³/mol. The molecular formula is C14H16N4O3. The highest BCUT2D eigenvalue weighted by Gasteiger charge is 2.11. The van der Waals surface area contributed by atoms with Crippen molar-refractivity contribution in [2.24, 2.45) is 0 Å². The van der Waals surface area contributed by atoms with Gasteiger partial charge in [-0.3, -0.25) is 10.1 Å². The van der Waals surface area contributed by atoms with Crippen molar-refractivity contribution in [1.82, 2.24) is 4.98 Å². The van der Waals surface area contributed by atoms with Crippen LogP contribution in [-0.4, -0.2) is 24.1 Å². The number of methoxy groups -OCH3 is 1. The highest BCUT2D eigenvalue weighted by Crippen LogP contribution is 2.26. The Kier molecular flexibility index (Phi) is 4.22. The highest BCUT2D eigenvalue weighted by molar-refractivity contribution is 5.63. The molecule has 1 aromatic heterocycles. The van der Waals surface area contributed by atoms with Crippen LogP contribution in [0.5, 0.6) is 5.75 Å². The zero-order valence-corrected chi connectivity index (χ0v) is 12.0. The van der Waals surface area contributed by atoms with Gasteiger partial charge < -0.3 is 15.4 Å². The van der Waals surface area contributed by atoms with Gasteiger partial charge in [-0.25, -0.2) is 4.98 Å². The summed E-state index contributed by atoms with van der Waals surface area (Å²) >= 11 is 0. The summed E-state index contributed by atoms with van der Waals surface area (Å²) in [5.41, 5.74) is 1.72. The van der Waals surface area contributed by atoms with Gasteiger partial charge in [0, 0.05) is 12.7 Å². The summed E-state index contributed by atoms with van der Waals surface area (Å²) in [6.07, 6.45) is 0. The van der Waals surface area contributed by atoms with Gasteiger partial charge in [0.2, 0.25) is 0 Å². The monoisotopic (exact) mass is 288 g/mol. The molecule has 2 aromatic rings. The van der Waals surface area contributed by atoms with Crippen LogP contribution < -0.4 is 15.4 Å². The maximum atomic E-state index is 10.9. The van der Waals surface area contributed by atoms with E-state index in [4.69, 9.17) is 4.74 Å². The average molecular weight is 288 g/mol. The molecule has 0 unspecified atom stereocenters. The minimum absolute atomic E-state index is 0.0258. The molecule has 0 saturated heterocycles. The molecule has 1 heterocycles. The van der Waals surface area contributed by atoms with Crippen LogP contribution in [-0.2, 0) is 0 Å². The Morgan fingerprint density at radius 1 is 1.24 bits per heavy atom. The Labute approximate surface area is 122 Å². The SMILES string of the molecule is CNc1cc([N+](=O)[O-])cc(Nc2ccc(OC)c(C)c2)n1. The summed E-state index contributed by atoms with van der Waals surface area (Å²) in [5.74, 6) is 1.61. The number of pyridine rings is 1. The normalized spacial score (nSPS) is 10.0. The smallest absolute Gasteiger partial charge is 0.276 e. The zero-order valence-electron chi connectivity index (χ0n) is 12.0. The number of aryl methyl sites for hydroxylation is 1. The standard InChI is InChI=1S/C14H16N4O3/c1-9-6-10(4-5-12(9)21-3)16-14-8-11(18(19)20)7-13(15-2)17-14/h4-8H,1-3H3,(H2,15,16,17). The lowest BCUT2D eigenvalue weighted by Crippen LogP contribution is -2.00. The van der Waals surface area contributed by atoms with E-state index in [1.807, 2.05) is 25.1 Å². The summed E-state index contributed by atoms with van der Waals surface area (Å²) in [7, 11) is 3.27. The molecule has 0 saturated carbocycles. The van der Waals surface area contributed by atoms with Crippen LogP contribution >= 0.6 is 0 Å². The van der Waals surface area contributed by atoms with E-state index < -0.39 is 4.92 Å². The number of anilines is 3. The molecule has 0 bridgehead atoms. The number of hydrogen-bond acceptors (Lipinski definition) is 6. The average Bonchev–Trinajstić information content (AvgIpc) is 2.47. The van der Waals surface area contributed by atoms with Crippen LogP contribution in [0.4, 0.5) is 23.0 Å². The third-order valence-electron chi connectivity index (χ3n) is 2.94. The largest absolute Gasteiger partial charge is 0.496 e. The number of nitrogens with zero attached hydrogens (tertiary/aromatic N) is 2. The van der Waals surface area contributed by atoms with Crippen molar-refractivity contribution >= 4 is 23.0 Å². The third kappa shape index (κ3) is 3.38. The second-order valence-corrected chi connectivity index (χ2v) is 4.41. The quantitative estimate of drug-likeness (QED) is 0.649. The van der Waals surface area contributed by atoms with Gasteiger partial charge in [-0.15, -0.1) is 0 Å². The molecule has 0 spiro atoms. The van der Waals surface area contributed by atoms with Gasteiger partial charge in [-0.05, 0) is 30.7 Å². The highest BCUT2D eigenvalue weighted by atomic mass is 16.6. The molecule has 110 valence electrons. The van der Waals surface area contributed by atoms with Gasteiger partial charge in [-0.1, -0.05) is 0 Å². The minimum atomic E-state index is -0.451. The summed E-state index contributed by atoms with van der Waals surface area (Å²) in [6, 6.07) is 8.31. The van der Waals surface area contributed by atoms with Gasteiger partial charge in [0.15, 0.2) is 0 Å². The van der Waals surface area contributed by atoms with Crippen molar-refractivity contribution in [3.05, 3.63) is 46.0 Å². The molecule has 0 fully saturated rings. The Morgan fingerprint density at radius 3 is 2.52 bits per heavy atom. The van der Waals surface area contributed by atoms with Gasteiger partial charge in [0.1, 0.15) is 17.4 Å². The van der Waals surface area contributed by atoms with Crippen molar-refractivity contribution in [2.45, 2.75) is 6.92 Å². The van der Waals surface area contributed by atoms with E-state index in [9.17, 15) is 10.1 Å². The number of benzene rings is 1. The van der Waals surface area contributed by atoms with Crippen LogP contribution in [0.2, 0.25) is 0 Å². The maximum Gasteiger partial charge on any atom is 0.276 e. The number of nitro groups is 1. The molecule has 0 aliphatic carbocycles. The van der Waals surface area contributed by atoms with E-state index >= 15 is 0 Å². The number of rotatable bonds is 5. The van der Waals surface area contributed by atoms with E-state index in [1.54, 1.807) is 14.2 Å². The molecule has 2 N–H and O–H groups in total. The topological polar surface area (TPSA) is 89.3 Å². The molecule has 1 aromatic carbocycles. The Bertz CT molecular complexity index is 673. The van der Waals surface area contributed by atoms with Crippen LogP contribution in [0.25, 0.3) is 0 Å². The lowest BCUT2D eigenvalue weighted by Gasteiger charge is -2.10. The number of nitrogens with one attached hydrogen (secondary N) is 2. The second-order valence-electron chi connectivity index (χ2n) is 4.41. The molecule has 0 amide bonds. The first-order valence-corrected chi connectivity index (χ1v) is 6.29. The zero-order chi connectivity index (χ0) is 15.4. The molecule has 21 heavy (non-hydrogen) atoms. The Morgan fingerprint density at radius 2 is 1.95 bits per heavy atom. The molecule has 7 heteroatoms.